The molecule has 0 radical (unpaired) electrons. The lowest BCUT2D eigenvalue weighted by atomic mass is 10.1. The summed E-state index contributed by atoms with van der Waals surface area (Å²) in [7, 11) is 0. The second-order valence-electron chi connectivity index (χ2n) is 3.04. The highest BCUT2D eigenvalue weighted by atomic mass is 16.1. The molecule has 0 atom stereocenters. The summed E-state index contributed by atoms with van der Waals surface area (Å²) in [4.78, 5) is 10.1. The van der Waals surface area contributed by atoms with Gasteiger partial charge in [-0.15, -0.1) is 0 Å². The van der Waals surface area contributed by atoms with Gasteiger partial charge < -0.3 is 0 Å². The van der Waals surface area contributed by atoms with E-state index in [1.807, 2.05) is 13.0 Å². The van der Waals surface area contributed by atoms with Crippen molar-refractivity contribution in [1.82, 2.24) is 0 Å². The second kappa shape index (κ2) is 5.21. The van der Waals surface area contributed by atoms with Gasteiger partial charge in [-0.05, 0) is 31.3 Å². The van der Waals surface area contributed by atoms with Crippen molar-refractivity contribution < 1.29 is 4.79 Å². The van der Waals surface area contributed by atoms with Gasteiger partial charge in [-0.2, -0.15) is 0 Å². The average Bonchev–Trinajstić information content (AvgIpc) is 1.87. The number of hydrogen-bond acceptors (Lipinski definition) is 1. The van der Waals surface area contributed by atoms with E-state index in [1.165, 1.54) is 6.42 Å². The number of hydrogen-bond donors (Lipinski definition) is 0. The Balaban J connectivity index is 3.43. The van der Waals surface area contributed by atoms with Gasteiger partial charge in [0.1, 0.15) is 6.29 Å². The molecule has 0 aliphatic carbocycles. The van der Waals surface area contributed by atoms with Gasteiger partial charge in [-0.3, -0.25) is 4.79 Å². The Morgan fingerprint density at radius 2 is 2.10 bits per heavy atom. The van der Waals surface area contributed by atoms with E-state index in [0.29, 0.717) is 0 Å². The van der Waals surface area contributed by atoms with Crippen molar-refractivity contribution in [1.29, 1.82) is 0 Å². The highest BCUT2D eigenvalue weighted by Gasteiger charge is 1.90. The molecule has 0 spiro atoms. The van der Waals surface area contributed by atoms with Crippen LogP contribution >= 0.6 is 0 Å². The fourth-order valence-electron chi connectivity index (χ4n) is 0.692. The SMILES string of the molecule is C/C(C=O)=C\CCC(C)C. The molecule has 58 valence electrons. The van der Waals surface area contributed by atoms with E-state index >= 15 is 0 Å². The van der Waals surface area contributed by atoms with Crippen molar-refractivity contribution >= 4 is 6.29 Å². The fourth-order valence-corrected chi connectivity index (χ4v) is 0.692. The first-order valence-electron chi connectivity index (χ1n) is 3.78. The zero-order valence-electron chi connectivity index (χ0n) is 7.05. The highest BCUT2D eigenvalue weighted by molar-refractivity contribution is 5.71. The number of rotatable bonds is 4. The van der Waals surface area contributed by atoms with Crippen LogP contribution in [0.4, 0.5) is 0 Å². The summed E-state index contributed by atoms with van der Waals surface area (Å²) in [5, 5.41) is 0. The van der Waals surface area contributed by atoms with Gasteiger partial charge in [-0.1, -0.05) is 19.9 Å². The smallest absolute Gasteiger partial charge is 0.145 e. The van der Waals surface area contributed by atoms with Crippen molar-refractivity contribution in [3.63, 3.8) is 0 Å². The molecule has 0 saturated heterocycles. The van der Waals surface area contributed by atoms with Gasteiger partial charge in [0.05, 0.1) is 0 Å². The van der Waals surface area contributed by atoms with Crippen LogP contribution in [0.25, 0.3) is 0 Å². The normalized spacial score (nSPS) is 12.2. The van der Waals surface area contributed by atoms with E-state index in [9.17, 15) is 4.79 Å². The third kappa shape index (κ3) is 5.54. The average molecular weight is 140 g/mol. The molecule has 0 rings (SSSR count). The molecule has 1 nitrogen and oxygen atoms in total. The number of carbonyl (C=O) groups excluding carboxylic acids is 1. The molecule has 0 fully saturated rings. The summed E-state index contributed by atoms with van der Waals surface area (Å²) in [5.74, 6) is 0.732. The topological polar surface area (TPSA) is 17.1 Å². The molecular weight excluding hydrogens is 124 g/mol. The molecule has 0 saturated carbocycles. The minimum Gasteiger partial charge on any atom is -0.298 e. The van der Waals surface area contributed by atoms with Crippen molar-refractivity contribution in [3.8, 4) is 0 Å². The first kappa shape index (κ1) is 9.41. The third-order valence-corrected chi connectivity index (χ3v) is 1.40. The standard InChI is InChI=1S/C9H16O/c1-8(2)5-4-6-9(3)7-10/h6-8H,4-5H2,1-3H3/b9-6+. The Morgan fingerprint density at radius 1 is 1.50 bits per heavy atom. The zero-order valence-corrected chi connectivity index (χ0v) is 7.05. The molecule has 0 aliphatic heterocycles. The van der Waals surface area contributed by atoms with Gasteiger partial charge in [0.2, 0.25) is 0 Å². The molecule has 0 amide bonds. The Morgan fingerprint density at radius 3 is 2.50 bits per heavy atom. The van der Waals surface area contributed by atoms with Crippen molar-refractivity contribution in [2.24, 2.45) is 5.92 Å². The number of carbonyl (C=O) groups is 1. The molecule has 10 heavy (non-hydrogen) atoms. The van der Waals surface area contributed by atoms with Gasteiger partial charge in [0.15, 0.2) is 0 Å². The van der Waals surface area contributed by atoms with Crippen LogP contribution in [0.1, 0.15) is 33.6 Å². The summed E-state index contributed by atoms with van der Waals surface area (Å²) in [5.41, 5.74) is 0.848. The van der Waals surface area contributed by atoms with Crippen LogP contribution in [-0.4, -0.2) is 6.29 Å². The zero-order chi connectivity index (χ0) is 7.98. The lowest BCUT2D eigenvalue weighted by molar-refractivity contribution is -0.104. The molecule has 1 heteroatoms. The molecular formula is C9H16O. The minimum atomic E-state index is 0.732. The van der Waals surface area contributed by atoms with Crippen LogP contribution in [0, 0.1) is 5.92 Å². The van der Waals surface area contributed by atoms with E-state index in [1.54, 1.807) is 0 Å². The maximum atomic E-state index is 10.1. The van der Waals surface area contributed by atoms with Crippen molar-refractivity contribution in [3.05, 3.63) is 11.6 Å². The summed E-state index contributed by atoms with van der Waals surface area (Å²) < 4.78 is 0. The monoisotopic (exact) mass is 140 g/mol. The molecule has 0 aromatic heterocycles. The molecule has 0 aromatic rings. The Bertz CT molecular complexity index is 123. The Hall–Kier alpha value is -0.590. The maximum Gasteiger partial charge on any atom is 0.145 e. The molecule has 0 aromatic carbocycles. The number of aldehydes is 1. The summed E-state index contributed by atoms with van der Waals surface area (Å²) in [6, 6.07) is 0. The molecule has 0 aliphatic rings. The second-order valence-corrected chi connectivity index (χ2v) is 3.04. The van der Waals surface area contributed by atoms with Crippen molar-refractivity contribution in [2.45, 2.75) is 33.6 Å². The predicted molar refractivity (Wildman–Crippen MR) is 43.9 cm³/mol. The molecule has 0 heterocycles. The maximum absolute atomic E-state index is 10.1. The number of allylic oxidation sites excluding steroid dienone is 2. The molecule has 0 unspecified atom stereocenters. The van der Waals surface area contributed by atoms with Crippen LogP contribution in [0.15, 0.2) is 11.6 Å². The highest BCUT2D eigenvalue weighted by Crippen LogP contribution is 2.04. The van der Waals surface area contributed by atoms with Gasteiger partial charge in [0.25, 0.3) is 0 Å². The van der Waals surface area contributed by atoms with E-state index in [0.717, 1.165) is 24.2 Å². The van der Waals surface area contributed by atoms with Gasteiger partial charge in [0, 0.05) is 0 Å². The van der Waals surface area contributed by atoms with Gasteiger partial charge in [-0.25, -0.2) is 0 Å². The Kier molecular flexibility index (Phi) is 4.91. The summed E-state index contributed by atoms with van der Waals surface area (Å²) in [6.45, 7) is 6.21. The van der Waals surface area contributed by atoms with E-state index in [4.69, 9.17) is 0 Å². The predicted octanol–water partition coefficient (Wildman–Crippen LogP) is 2.57. The van der Waals surface area contributed by atoms with Crippen LogP contribution < -0.4 is 0 Å². The summed E-state index contributed by atoms with van der Waals surface area (Å²) in [6.07, 6.45) is 5.10. The van der Waals surface area contributed by atoms with Crippen molar-refractivity contribution in [2.75, 3.05) is 0 Å². The van der Waals surface area contributed by atoms with E-state index in [-0.39, 0.29) is 0 Å². The van der Waals surface area contributed by atoms with Crippen LogP contribution in [-0.2, 0) is 4.79 Å². The molecule has 0 N–H and O–H groups in total. The minimum absolute atomic E-state index is 0.732. The third-order valence-electron chi connectivity index (χ3n) is 1.40. The van der Waals surface area contributed by atoms with Crippen LogP contribution in [0.2, 0.25) is 0 Å². The van der Waals surface area contributed by atoms with E-state index < -0.39 is 0 Å². The lowest BCUT2D eigenvalue weighted by Gasteiger charge is -1.98. The molecule has 0 bridgehead atoms. The van der Waals surface area contributed by atoms with Gasteiger partial charge >= 0.3 is 0 Å². The first-order valence-corrected chi connectivity index (χ1v) is 3.78. The van der Waals surface area contributed by atoms with Crippen LogP contribution in [0.3, 0.4) is 0 Å². The largest absolute Gasteiger partial charge is 0.298 e. The first-order chi connectivity index (χ1) is 4.66. The fraction of sp³-hybridized carbons (Fsp3) is 0.667. The summed E-state index contributed by atoms with van der Waals surface area (Å²) >= 11 is 0. The lowest BCUT2D eigenvalue weighted by Crippen LogP contribution is -1.85. The van der Waals surface area contributed by atoms with E-state index in [2.05, 4.69) is 13.8 Å². The van der Waals surface area contributed by atoms with Crippen LogP contribution in [0.5, 0.6) is 0 Å². The quantitative estimate of drug-likeness (QED) is 0.433. The Labute approximate surface area is 63.1 Å².